The number of carboxylic acid groups (broad SMARTS) is 1. The number of carbonyl (C=O) groups is 1. The van der Waals surface area contributed by atoms with Crippen molar-refractivity contribution in [3.05, 3.63) is 0 Å². The van der Waals surface area contributed by atoms with Gasteiger partial charge in [-0.25, -0.2) is 0 Å². The highest BCUT2D eigenvalue weighted by Crippen LogP contribution is 1.91. The molecule has 0 atom stereocenters. The minimum atomic E-state index is -0.875. The lowest BCUT2D eigenvalue weighted by Crippen LogP contribution is -2.15. The Morgan fingerprint density at radius 1 is 0.229 bits per heavy atom. The average Bonchev–Trinajstić information content (AvgIpc) is 3.48. The molecule has 0 heterocycles. The maximum Gasteiger partial charge on any atom is 0.305 e. The summed E-state index contributed by atoms with van der Waals surface area (Å²) in [5, 5.41) is 8.49. The molecule has 0 fully saturated rings. The molecule has 0 unspecified atom stereocenters. The lowest BCUT2D eigenvalue weighted by atomic mass is 10.5. The summed E-state index contributed by atoms with van der Waals surface area (Å²) in [6, 6.07) is 0. The van der Waals surface area contributed by atoms with E-state index >= 15 is 0 Å². The Kier molecular flexibility index (Phi) is 82.2. The van der Waals surface area contributed by atoms with Crippen LogP contribution in [0.2, 0.25) is 0 Å². The molecule has 0 rings (SSSR count). The van der Waals surface area contributed by atoms with Gasteiger partial charge in [0.25, 0.3) is 0 Å². The van der Waals surface area contributed by atoms with E-state index in [4.69, 9.17) is 130 Å². The summed E-state index contributed by atoms with van der Waals surface area (Å²) in [5.74, 6) is 1.52. The Hall–Kier alpha value is -1.97. The van der Waals surface area contributed by atoms with E-state index in [0.29, 0.717) is 324 Å². The summed E-state index contributed by atoms with van der Waals surface area (Å²) in [5.41, 5.74) is 0. The van der Waals surface area contributed by atoms with E-state index in [2.05, 4.69) is 5.92 Å². The first-order valence-electron chi connectivity index (χ1n) is 29.3. The smallest absolute Gasteiger partial charge is 0.305 e. The Bertz CT molecular complexity index is 1200. The van der Waals surface area contributed by atoms with E-state index in [1.54, 1.807) is 0 Å². The number of terminal acetylenes is 1. The number of rotatable bonds is 75. The lowest BCUT2D eigenvalue weighted by Gasteiger charge is -2.09. The number of aliphatic carboxylic acids is 1. The van der Waals surface area contributed by atoms with E-state index in [0.717, 1.165) is 0 Å². The Morgan fingerprint density at radius 3 is 0.470 bits per heavy atom. The van der Waals surface area contributed by atoms with Crippen molar-refractivity contribution in [2.75, 3.05) is 330 Å². The van der Waals surface area contributed by atoms with E-state index in [1.807, 2.05) is 13.8 Å². The van der Waals surface area contributed by atoms with Gasteiger partial charge in [0, 0.05) is 13.2 Å². The van der Waals surface area contributed by atoms with Crippen molar-refractivity contribution in [1.29, 1.82) is 0 Å². The third-order valence-corrected chi connectivity index (χ3v) is 9.61. The quantitative estimate of drug-likeness (QED) is 0.0668. The molecule has 27 nitrogen and oxygen atoms in total. The standard InChI is InChI=1S/C31H62O16.C25H48O11/c1-2-34-5-6-36-9-10-38-13-14-40-17-18-42-21-22-44-25-26-46-29-30-47-28-27-45-24-23-43-20-19-41-16-15-39-12-11-37-8-7-35-4-3-31(32)33;1-3-5-27-8-9-29-12-13-31-16-17-33-20-21-35-24-25-36-23-22-34-19-18-32-15-14-30-11-10-28-7-6-26-4-2/h2-30H2,1H3,(H,32,33);1H,4-25H2,2H3. The summed E-state index contributed by atoms with van der Waals surface area (Å²) >= 11 is 0. The highest BCUT2D eigenvalue weighted by molar-refractivity contribution is 5.66. The molecule has 0 aromatic heterocycles. The third-order valence-electron chi connectivity index (χ3n) is 9.61. The lowest BCUT2D eigenvalue weighted by molar-refractivity contribution is -0.138. The van der Waals surface area contributed by atoms with Gasteiger partial charge in [-0.05, 0) is 13.8 Å². The van der Waals surface area contributed by atoms with Crippen molar-refractivity contribution >= 4 is 5.97 Å². The number of carboxylic acids is 1. The Balaban J connectivity index is 0. The van der Waals surface area contributed by atoms with Crippen LogP contribution >= 0.6 is 0 Å². The number of hydrogen-bond acceptors (Lipinski definition) is 26. The van der Waals surface area contributed by atoms with Crippen molar-refractivity contribution in [3.8, 4) is 12.3 Å². The zero-order valence-electron chi connectivity index (χ0n) is 50.7. The molecule has 0 radical (unpaired) electrons. The van der Waals surface area contributed by atoms with Crippen LogP contribution in [-0.2, 0) is 123 Å². The fourth-order valence-electron chi connectivity index (χ4n) is 5.54. The van der Waals surface area contributed by atoms with Crippen LogP contribution in [0.25, 0.3) is 0 Å². The molecule has 0 aliphatic rings. The van der Waals surface area contributed by atoms with Gasteiger partial charge < -0.3 is 124 Å². The van der Waals surface area contributed by atoms with E-state index in [-0.39, 0.29) is 13.0 Å². The number of ether oxygens (including phenoxy) is 25. The first kappa shape index (κ1) is 83.1. The molecule has 27 heteroatoms. The second kappa shape index (κ2) is 82.1. The SMILES string of the molecule is C#CCOCCOCCOCCOCCOCCOCCOCCOCCOCCOCCOCC.CCOCCOCCOCCOCCOCCOCCOCCOCCOCCOCCOCCOCCOCCOCCC(=O)O. The fourth-order valence-corrected chi connectivity index (χ4v) is 5.54. The molecule has 0 aliphatic carbocycles. The van der Waals surface area contributed by atoms with Gasteiger partial charge in [0.15, 0.2) is 0 Å². The van der Waals surface area contributed by atoms with Gasteiger partial charge in [-0.3, -0.25) is 4.79 Å². The molecule has 0 aromatic carbocycles. The molecule has 0 aromatic rings. The van der Waals surface area contributed by atoms with Gasteiger partial charge in [-0.15, -0.1) is 6.42 Å². The van der Waals surface area contributed by atoms with E-state index in [9.17, 15) is 4.79 Å². The van der Waals surface area contributed by atoms with Crippen LogP contribution in [0, 0.1) is 12.3 Å². The van der Waals surface area contributed by atoms with Crippen LogP contribution in [0.5, 0.6) is 0 Å². The van der Waals surface area contributed by atoms with Crippen LogP contribution in [0.15, 0.2) is 0 Å². The van der Waals surface area contributed by atoms with Crippen LogP contribution in [0.4, 0.5) is 0 Å². The van der Waals surface area contributed by atoms with Gasteiger partial charge >= 0.3 is 5.97 Å². The second-order valence-corrected chi connectivity index (χ2v) is 16.3. The van der Waals surface area contributed by atoms with Crippen LogP contribution in [0.1, 0.15) is 20.3 Å². The molecular weight excluding hydrogens is 1100 g/mol. The molecule has 0 spiro atoms. The monoisotopic (exact) mass is 1210 g/mol. The molecule has 0 aliphatic heterocycles. The first-order chi connectivity index (χ1) is 41.2. The van der Waals surface area contributed by atoms with Crippen LogP contribution < -0.4 is 0 Å². The van der Waals surface area contributed by atoms with Crippen molar-refractivity contribution in [3.63, 3.8) is 0 Å². The highest BCUT2D eigenvalue weighted by atomic mass is 16.6. The predicted octanol–water partition coefficient (Wildman–Crippen LogP) is 1.54. The minimum absolute atomic E-state index is 0.00326. The molecule has 1 N–H and O–H groups in total. The topological polar surface area (TPSA) is 268 Å². The maximum atomic E-state index is 10.3. The second-order valence-electron chi connectivity index (χ2n) is 16.3. The molecule has 496 valence electrons. The first-order valence-corrected chi connectivity index (χ1v) is 29.3. The third kappa shape index (κ3) is 86.6. The molecule has 83 heavy (non-hydrogen) atoms. The van der Waals surface area contributed by atoms with Crippen molar-refractivity contribution in [2.45, 2.75) is 20.3 Å². The average molecular weight is 1220 g/mol. The maximum absolute atomic E-state index is 10.3. The molecule has 0 bridgehead atoms. The normalized spacial score (nSPS) is 11.4. The van der Waals surface area contributed by atoms with Crippen LogP contribution in [-0.4, -0.2) is 341 Å². The summed E-state index contributed by atoms with van der Waals surface area (Å²) in [7, 11) is 0. The van der Waals surface area contributed by atoms with Gasteiger partial charge in [-0.1, -0.05) is 5.92 Å². The molecular formula is C56H110O27. The van der Waals surface area contributed by atoms with Gasteiger partial charge in [0.05, 0.1) is 317 Å². The minimum Gasteiger partial charge on any atom is -0.481 e. The highest BCUT2D eigenvalue weighted by Gasteiger charge is 2.01. The Labute approximate surface area is 496 Å². The zero-order valence-corrected chi connectivity index (χ0v) is 50.7. The molecule has 0 saturated carbocycles. The van der Waals surface area contributed by atoms with Crippen molar-refractivity contribution < 1.29 is 128 Å². The summed E-state index contributed by atoms with van der Waals surface area (Å²) in [6.07, 6.45) is 5.07. The van der Waals surface area contributed by atoms with Crippen molar-refractivity contribution in [2.24, 2.45) is 0 Å². The summed E-state index contributed by atoms with van der Waals surface area (Å²) in [6.45, 7) is 29.4. The van der Waals surface area contributed by atoms with Gasteiger partial charge in [0.2, 0.25) is 0 Å². The summed E-state index contributed by atoms with van der Waals surface area (Å²) in [4.78, 5) is 10.3. The largest absolute Gasteiger partial charge is 0.481 e. The van der Waals surface area contributed by atoms with E-state index < -0.39 is 5.97 Å². The predicted molar refractivity (Wildman–Crippen MR) is 303 cm³/mol. The van der Waals surface area contributed by atoms with Gasteiger partial charge in [-0.2, -0.15) is 0 Å². The Morgan fingerprint density at radius 2 is 0.349 bits per heavy atom. The van der Waals surface area contributed by atoms with E-state index in [1.165, 1.54) is 0 Å². The van der Waals surface area contributed by atoms with Gasteiger partial charge in [0.1, 0.15) is 6.61 Å². The van der Waals surface area contributed by atoms with Crippen LogP contribution in [0.3, 0.4) is 0 Å². The molecule has 0 saturated heterocycles. The fraction of sp³-hybridized carbons (Fsp3) is 0.946. The number of hydrogen-bond donors (Lipinski definition) is 1. The summed E-state index contributed by atoms with van der Waals surface area (Å²) < 4.78 is 134. The molecule has 0 amide bonds. The zero-order chi connectivity index (χ0) is 60.0. The van der Waals surface area contributed by atoms with Crippen molar-refractivity contribution in [1.82, 2.24) is 0 Å².